The molecule has 2 aromatic carbocycles. The lowest BCUT2D eigenvalue weighted by atomic mass is 10.1. The minimum absolute atomic E-state index is 0.119. The molecule has 3 nitrogen and oxygen atoms in total. The molecule has 3 heteroatoms. The monoisotopic (exact) mass is 292 g/mol. The van der Waals surface area contributed by atoms with Gasteiger partial charge in [-0.2, -0.15) is 5.26 Å². The number of ether oxygens (including phenoxy) is 1. The van der Waals surface area contributed by atoms with Crippen LogP contribution in [0.15, 0.2) is 60.8 Å². The van der Waals surface area contributed by atoms with E-state index in [2.05, 4.69) is 18.0 Å². The van der Waals surface area contributed by atoms with Gasteiger partial charge in [0.1, 0.15) is 11.5 Å². The highest BCUT2D eigenvalue weighted by Crippen LogP contribution is 2.24. The summed E-state index contributed by atoms with van der Waals surface area (Å²) in [7, 11) is 0. The van der Waals surface area contributed by atoms with E-state index in [4.69, 9.17) is 10.00 Å². The topological polar surface area (TPSA) is 45.0 Å². The molecule has 22 heavy (non-hydrogen) atoms. The zero-order chi connectivity index (χ0) is 15.9. The number of nitrogens with zero attached hydrogens (tertiary/aromatic N) is 1. The van der Waals surface area contributed by atoms with Gasteiger partial charge >= 0.3 is 0 Å². The van der Waals surface area contributed by atoms with Gasteiger partial charge in [-0.15, -0.1) is 0 Å². The normalized spacial score (nSPS) is 11.3. The number of rotatable bonds is 6. The molecule has 0 spiro atoms. The molecule has 0 heterocycles. The summed E-state index contributed by atoms with van der Waals surface area (Å²) in [6.07, 6.45) is 0.459. The lowest BCUT2D eigenvalue weighted by Crippen LogP contribution is -2.07. The maximum Gasteiger partial charge on any atom is 0.127 e. The molecule has 0 aromatic heterocycles. The van der Waals surface area contributed by atoms with Gasteiger partial charge in [-0.25, -0.2) is 0 Å². The lowest BCUT2D eigenvalue weighted by Gasteiger charge is -2.14. The lowest BCUT2D eigenvalue weighted by molar-refractivity contribution is 0.482. The van der Waals surface area contributed by atoms with E-state index in [1.54, 1.807) is 0 Å². The molecule has 1 unspecified atom stereocenters. The fourth-order valence-electron chi connectivity index (χ4n) is 1.99. The zero-order valence-electron chi connectivity index (χ0n) is 13.0. The van der Waals surface area contributed by atoms with Crippen LogP contribution in [0.1, 0.15) is 18.9 Å². The Kier molecular flexibility index (Phi) is 5.21. The van der Waals surface area contributed by atoms with Crippen LogP contribution in [-0.2, 0) is 0 Å². The summed E-state index contributed by atoms with van der Waals surface area (Å²) >= 11 is 0. The van der Waals surface area contributed by atoms with Gasteiger partial charge < -0.3 is 10.1 Å². The number of hydrogen-bond donors (Lipinski definition) is 1. The third kappa shape index (κ3) is 4.39. The van der Waals surface area contributed by atoms with Crippen molar-refractivity contribution in [1.29, 1.82) is 5.26 Å². The highest BCUT2D eigenvalue weighted by molar-refractivity contribution is 5.51. The first-order chi connectivity index (χ1) is 10.6. The van der Waals surface area contributed by atoms with Crippen molar-refractivity contribution in [3.05, 3.63) is 66.4 Å². The molecule has 0 radical (unpaired) electrons. The molecule has 0 fully saturated rings. The summed E-state index contributed by atoms with van der Waals surface area (Å²) < 4.78 is 5.81. The van der Waals surface area contributed by atoms with Gasteiger partial charge in [0.25, 0.3) is 0 Å². The van der Waals surface area contributed by atoms with E-state index in [1.807, 2.05) is 62.4 Å². The van der Waals surface area contributed by atoms with Crippen molar-refractivity contribution in [2.24, 2.45) is 5.92 Å². The Morgan fingerprint density at radius 3 is 2.59 bits per heavy atom. The minimum atomic E-state index is 0.119. The van der Waals surface area contributed by atoms with E-state index in [1.165, 1.54) is 5.56 Å². The van der Waals surface area contributed by atoms with E-state index in [0.29, 0.717) is 6.42 Å². The largest absolute Gasteiger partial charge is 0.457 e. The van der Waals surface area contributed by atoms with Gasteiger partial charge in [0.05, 0.1) is 6.07 Å². The van der Waals surface area contributed by atoms with E-state index in [0.717, 1.165) is 22.9 Å². The van der Waals surface area contributed by atoms with Gasteiger partial charge in [0.15, 0.2) is 0 Å². The number of hydrogen-bond acceptors (Lipinski definition) is 3. The van der Waals surface area contributed by atoms with Gasteiger partial charge in [-0.3, -0.25) is 0 Å². The molecular weight excluding hydrogens is 272 g/mol. The van der Waals surface area contributed by atoms with Crippen molar-refractivity contribution in [3.63, 3.8) is 0 Å². The first-order valence-electron chi connectivity index (χ1n) is 7.26. The molecule has 2 rings (SSSR count). The average Bonchev–Trinajstić information content (AvgIpc) is 2.49. The number of benzene rings is 2. The van der Waals surface area contributed by atoms with Gasteiger partial charge in [0, 0.05) is 23.7 Å². The van der Waals surface area contributed by atoms with Gasteiger partial charge in [-0.05, 0) is 48.9 Å². The smallest absolute Gasteiger partial charge is 0.127 e. The van der Waals surface area contributed by atoms with Crippen molar-refractivity contribution >= 4 is 5.69 Å². The Morgan fingerprint density at radius 2 is 1.95 bits per heavy atom. The van der Waals surface area contributed by atoms with Crippen LogP contribution in [0, 0.1) is 24.2 Å². The number of anilines is 1. The average molecular weight is 292 g/mol. The van der Waals surface area contributed by atoms with Gasteiger partial charge in [0.2, 0.25) is 0 Å². The number of nitriles is 1. The van der Waals surface area contributed by atoms with Crippen LogP contribution in [0.2, 0.25) is 0 Å². The van der Waals surface area contributed by atoms with Crippen LogP contribution in [0.3, 0.4) is 0 Å². The minimum Gasteiger partial charge on any atom is -0.457 e. The molecule has 112 valence electrons. The fraction of sp³-hybridized carbons (Fsp3) is 0.211. The molecule has 0 saturated heterocycles. The first kappa shape index (κ1) is 15.7. The Morgan fingerprint density at radius 1 is 1.23 bits per heavy atom. The SMILES string of the molecule is C=C(Nc1ccc(Oc2cccc(C)c2)cc1)C(C)CC#N. The second-order valence-corrected chi connectivity index (χ2v) is 5.36. The van der Waals surface area contributed by atoms with Crippen molar-refractivity contribution in [1.82, 2.24) is 0 Å². The molecular formula is C19H20N2O. The summed E-state index contributed by atoms with van der Waals surface area (Å²) in [4.78, 5) is 0. The van der Waals surface area contributed by atoms with Crippen LogP contribution in [0.5, 0.6) is 11.5 Å². The summed E-state index contributed by atoms with van der Waals surface area (Å²) in [6, 6.07) is 17.8. The molecule has 0 aliphatic heterocycles. The molecule has 0 amide bonds. The second kappa shape index (κ2) is 7.33. The maximum atomic E-state index is 8.71. The van der Waals surface area contributed by atoms with Gasteiger partial charge in [-0.1, -0.05) is 25.6 Å². The Labute approximate surface area is 131 Å². The highest BCUT2D eigenvalue weighted by Gasteiger charge is 2.06. The maximum absolute atomic E-state index is 8.71. The Hall–Kier alpha value is -2.73. The quantitative estimate of drug-likeness (QED) is 0.789. The zero-order valence-corrected chi connectivity index (χ0v) is 13.0. The van der Waals surface area contributed by atoms with Crippen LogP contribution in [0.25, 0.3) is 0 Å². The molecule has 1 N–H and O–H groups in total. The van der Waals surface area contributed by atoms with Crippen LogP contribution >= 0.6 is 0 Å². The summed E-state index contributed by atoms with van der Waals surface area (Å²) in [6.45, 7) is 7.99. The predicted molar refractivity (Wildman–Crippen MR) is 89.9 cm³/mol. The Balaban J connectivity index is 1.99. The summed E-state index contributed by atoms with van der Waals surface area (Å²) in [5.74, 6) is 1.73. The second-order valence-electron chi connectivity index (χ2n) is 5.36. The van der Waals surface area contributed by atoms with Crippen molar-refractivity contribution in [2.45, 2.75) is 20.3 Å². The van der Waals surface area contributed by atoms with Crippen molar-refractivity contribution in [2.75, 3.05) is 5.32 Å². The number of aryl methyl sites for hydroxylation is 1. The van der Waals surface area contributed by atoms with Crippen molar-refractivity contribution in [3.8, 4) is 17.6 Å². The number of nitrogens with one attached hydrogen (secondary N) is 1. The molecule has 0 aliphatic rings. The van der Waals surface area contributed by atoms with E-state index in [-0.39, 0.29) is 5.92 Å². The summed E-state index contributed by atoms with van der Waals surface area (Å²) in [5, 5.41) is 11.9. The fourth-order valence-corrected chi connectivity index (χ4v) is 1.99. The van der Waals surface area contributed by atoms with Crippen LogP contribution in [0.4, 0.5) is 5.69 Å². The predicted octanol–water partition coefficient (Wildman–Crippen LogP) is 5.26. The standard InChI is InChI=1S/C19H20N2O/c1-14-5-4-6-19(13-14)22-18-9-7-17(8-10-18)21-16(3)15(2)11-12-20/h4-10,13,15,21H,3,11H2,1-2H3. The third-order valence-corrected chi connectivity index (χ3v) is 3.38. The number of allylic oxidation sites excluding steroid dienone is 1. The molecule has 0 aliphatic carbocycles. The summed E-state index contributed by atoms with van der Waals surface area (Å²) in [5.41, 5.74) is 2.94. The van der Waals surface area contributed by atoms with E-state index in [9.17, 15) is 0 Å². The molecule has 1 atom stereocenters. The molecule has 0 saturated carbocycles. The molecule has 0 bridgehead atoms. The van der Waals surface area contributed by atoms with Crippen molar-refractivity contribution < 1.29 is 4.74 Å². The third-order valence-electron chi connectivity index (χ3n) is 3.38. The highest BCUT2D eigenvalue weighted by atomic mass is 16.5. The van der Waals surface area contributed by atoms with Crippen LogP contribution < -0.4 is 10.1 Å². The Bertz CT molecular complexity index is 683. The first-order valence-corrected chi connectivity index (χ1v) is 7.26. The van der Waals surface area contributed by atoms with Crippen LogP contribution in [-0.4, -0.2) is 0 Å². The van der Waals surface area contributed by atoms with E-state index >= 15 is 0 Å². The molecule has 2 aromatic rings. The van der Waals surface area contributed by atoms with E-state index < -0.39 is 0 Å².